The molecule has 22 heavy (non-hydrogen) atoms. The van der Waals surface area contributed by atoms with Crippen molar-refractivity contribution in [2.75, 3.05) is 0 Å². The highest BCUT2D eigenvalue weighted by atomic mass is 32.2. The number of carboxylic acids is 1. The van der Waals surface area contributed by atoms with E-state index in [0.29, 0.717) is 0 Å². The van der Waals surface area contributed by atoms with Gasteiger partial charge in [-0.1, -0.05) is 12.2 Å². The fourth-order valence-corrected chi connectivity index (χ4v) is 4.59. The van der Waals surface area contributed by atoms with E-state index in [1.165, 1.54) is 23.5 Å². The van der Waals surface area contributed by atoms with Gasteiger partial charge >= 0.3 is 5.97 Å². The van der Waals surface area contributed by atoms with Gasteiger partial charge in [-0.05, 0) is 31.5 Å². The Hall–Kier alpha value is -1.77. The SMILES string of the molecule is Cc1nc2ccc(S(=O)(=O)NC3C=CC(C(=O)O)C3)cc2s1. The lowest BCUT2D eigenvalue weighted by atomic mass is 10.1. The summed E-state index contributed by atoms with van der Waals surface area (Å²) >= 11 is 1.43. The minimum absolute atomic E-state index is 0.163. The molecule has 2 N–H and O–H groups in total. The molecule has 3 rings (SSSR count). The zero-order chi connectivity index (χ0) is 15.9. The van der Waals surface area contributed by atoms with E-state index >= 15 is 0 Å². The molecule has 116 valence electrons. The minimum Gasteiger partial charge on any atom is -0.481 e. The molecular weight excluding hydrogens is 324 g/mol. The second-order valence-corrected chi connectivity index (χ2v) is 8.10. The van der Waals surface area contributed by atoms with Gasteiger partial charge < -0.3 is 5.11 Å². The Morgan fingerprint density at radius 3 is 2.86 bits per heavy atom. The molecule has 0 fully saturated rings. The van der Waals surface area contributed by atoms with Crippen molar-refractivity contribution in [3.05, 3.63) is 35.4 Å². The molecule has 2 unspecified atom stereocenters. The number of carbonyl (C=O) groups is 1. The lowest BCUT2D eigenvalue weighted by Gasteiger charge is -2.12. The van der Waals surface area contributed by atoms with E-state index in [2.05, 4.69) is 9.71 Å². The Morgan fingerprint density at radius 1 is 1.41 bits per heavy atom. The molecular formula is C14H14N2O4S2. The molecule has 6 nitrogen and oxygen atoms in total. The topological polar surface area (TPSA) is 96.4 Å². The average molecular weight is 338 g/mol. The molecule has 0 aliphatic heterocycles. The third-order valence-electron chi connectivity index (χ3n) is 3.48. The first-order valence-corrected chi connectivity index (χ1v) is 8.96. The van der Waals surface area contributed by atoms with Gasteiger partial charge in [0.2, 0.25) is 10.0 Å². The van der Waals surface area contributed by atoms with E-state index in [1.807, 2.05) is 6.92 Å². The summed E-state index contributed by atoms with van der Waals surface area (Å²) in [5.41, 5.74) is 0.771. The summed E-state index contributed by atoms with van der Waals surface area (Å²) in [6.07, 6.45) is 3.34. The number of benzene rings is 1. The van der Waals surface area contributed by atoms with Crippen molar-refractivity contribution in [1.29, 1.82) is 0 Å². The second-order valence-electron chi connectivity index (χ2n) is 5.16. The summed E-state index contributed by atoms with van der Waals surface area (Å²) in [6, 6.07) is 4.29. The van der Waals surface area contributed by atoms with E-state index in [4.69, 9.17) is 5.11 Å². The first-order chi connectivity index (χ1) is 10.3. The number of aliphatic carboxylic acids is 1. The number of carboxylic acid groups (broad SMARTS) is 1. The molecule has 0 radical (unpaired) electrons. The zero-order valence-corrected chi connectivity index (χ0v) is 13.3. The molecule has 0 amide bonds. The van der Waals surface area contributed by atoms with Crippen molar-refractivity contribution in [3.63, 3.8) is 0 Å². The fourth-order valence-electron chi connectivity index (χ4n) is 2.42. The Balaban J connectivity index is 1.83. The van der Waals surface area contributed by atoms with Gasteiger partial charge in [-0.3, -0.25) is 4.79 Å². The van der Waals surface area contributed by atoms with Gasteiger partial charge in [0.15, 0.2) is 0 Å². The number of hydrogen-bond acceptors (Lipinski definition) is 5. The van der Waals surface area contributed by atoms with Crippen LogP contribution in [0, 0.1) is 12.8 Å². The number of nitrogens with one attached hydrogen (secondary N) is 1. The number of aryl methyl sites for hydroxylation is 1. The Labute approximate surface area is 131 Å². The number of fused-ring (bicyclic) bond motifs is 1. The van der Waals surface area contributed by atoms with Crippen molar-refractivity contribution in [1.82, 2.24) is 9.71 Å². The Bertz CT molecular complexity index is 870. The van der Waals surface area contributed by atoms with Crippen LogP contribution in [0.4, 0.5) is 0 Å². The maximum atomic E-state index is 12.4. The predicted molar refractivity (Wildman–Crippen MR) is 83.3 cm³/mol. The van der Waals surface area contributed by atoms with Crippen LogP contribution in [0.2, 0.25) is 0 Å². The van der Waals surface area contributed by atoms with E-state index in [-0.39, 0.29) is 11.3 Å². The monoisotopic (exact) mass is 338 g/mol. The van der Waals surface area contributed by atoms with Crippen molar-refractivity contribution in [3.8, 4) is 0 Å². The van der Waals surface area contributed by atoms with Crippen LogP contribution in [-0.4, -0.2) is 30.5 Å². The minimum atomic E-state index is -3.69. The molecule has 2 atom stereocenters. The summed E-state index contributed by atoms with van der Waals surface area (Å²) in [5.74, 6) is -1.58. The molecule has 1 aromatic carbocycles. The number of sulfonamides is 1. The van der Waals surface area contributed by atoms with Gasteiger partial charge in [0.05, 0.1) is 26.0 Å². The second kappa shape index (κ2) is 5.45. The third-order valence-corrected chi connectivity index (χ3v) is 5.91. The molecule has 1 aliphatic rings. The van der Waals surface area contributed by atoms with Gasteiger partial charge in [-0.2, -0.15) is 0 Å². The number of thiazole rings is 1. The third kappa shape index (κ3) is 2.90. The predicted octanol–water partition coefficient (Wildman–Crippen LogP) is 1.91. The molecule has 2 aromatic rings. The number of nitrogens with zero attached hydrogens (tertiary/aromatic N) is 1. The largest absolute Gasteiger partial charge is 0.481 e. The van der Waals surface area contributed by atoms with Crippen LogP contribution in [0.1, 0.15) is 11.4 Å². The number of hydrogen-bond donors (Lipinski definition) is 2. The highest BCUT2D eigenvalue weighted by Crippen LogP contribution is 2.25. The van der Waals surface area contributed by atoms with E-state index in [9.17, 15) is 13.2 Å². The zero-order valence-electron chi connectivity index (χ0n) is 11.7. The van der Waals surface area contributed by atoms with Crippen LogP contribution in [0.15, 0.2) is 35.2 Å². The van der Waals surface area contributed by atoms with Crippen LogP contribution < -0.4 is 4.72 Å². The molecule has 1 aromatic heterocycles. The van der Waals surface area contributed by atoms with Gasteiger partial charge in [-0.25, -0.2) is 18.1 Å². The highest BCUT2D eigenvalue weighted by molar-refractivity contribution is 7.89. The Kier molecular flexibility index (Phi) is 3.75. The summed E-state index contributed by atoms with van der Waals surface area (Å²) in [5, 5.41) is 9.81. The first kappa shape index (κ1) is 15.1. The lowest BCUT2D eigenvalue weighted by Crippen LogP contribution is -2.33. The van der Waals surface area contributed by atoms with Gasteiger partial charge in [0.1, 0.15) is 0 Å². The Morgan fingerprint density at radius 2 is 2.18 bits per heavy atom. The van der Waals surface area contributed by atoms with Crippen molar-refractivity contribution < 1.29 is 18.3 Å². The first-order valence-electron chi connectivity index (χ1n) is 6.66. The van der Waals surface area contributed by atoms with Crippen molar-refractivity contribution in [2.24, 2.45) is 5.92 Å². The van der Waals surface area contributed by atoms with Crippen LogP contribution in [0.5, 0.6) is 0 Å². The highest BCUT2D eigenvalue weighted by Gasteiger charge is 2.28. The van der Waals surface area contributed by atoms with Gasteiger partial charge in [0.25, 0.3) is 0 Å². The van der Waals surface area contributed by atoms with Crippen LogP contribution >= 0.6 is 11.3 Å². The number of rotatable bonds is 4. The summed E-state index contributed by atoms with van der Waals surface area (Å²) in [6.45, 7) is 1.87. The lowest BCUT2D eigenvalue weighted by molar-refractivity contribution is -0.140. The molecule has 1 heterocycles. The standard InChI is InChI=1S/C14H14N2O4S2/c1-8-15-12-5-4-11(7-13(12)21-8)22(19,20)16-10-3-2-9(6-10)14(17)18/h2-5,7,9-10,16H,6H2,1H3,(H,17,18). The molecule has 0 saturated carbocycles. The van der Waals surface area contributed by atoms with Crippen LogP contribution in [0.25, 0.3) is 10.2 Å². The van der Waals surface area contributed by atoms with Crippen LogP contribution in [0.3, 0.4) is 0 Å². The maximum Gasteiger partial charge on any atom is 0.310 e. The molecule has 8 heteroatoms. The number of aromatic nitrogens is 1. The summed E-state index contributed by atoms with van der Waals surface area (Å²) in [7, 11) is -3.69. The fraction of sp³-hybridized carbons (Fsp3) is 0.286. The smallest absolute Gasteiger partial charge is 0.310 e. The normalized spacial score (nSPS) is 21.5. The maximum absolute atomic E-state index is 12.4. The summed E-state index contributed by atoms with van der Waals surface area (Å²) < 4.78 is 28.2. The van der Waals surface area contributed by atoms with E-state index in [1.54, 1.807) is 18.2 Å². The molecule has 0 bridgehead atoms. The molecule has 1 aliphatic carbocycles. The van der Waals surface area contributed by atoms with Crippen LogP contribution in [-0.2, 0) is 14.8 Å². The van der Waals surface area contributed by atoms with Crippen molar-refractivity contribution >= 4 is 37.5 Å². The van der Waals surface area contributed by atoms with Crippen molar-refractivity contribution in [2.45, 2.75) is 24.3 Å². The van der Waals surface area contributed by atoms with Gasteiger partial charge in [0, 0.05) is 6.04 Å². The average Bonchev–Trinajstić information content (AvgIpc) is 3.02. The van der Waals surface area contributed by atoms with Gasteiger partial charge in [-0.15, -0.1) is 11.3 Å². The van der Waals surface area contributed by atoms with E-state index < -0.39 is 28.0 Å². The summed E-state index contributed by atoms with van der Waals surface area (Å²) in [4.78, 5) is 15.4. The van der Waals surface area contributed by atoms with E-state index in [0.717, 1.165) is 15.2 Å². The molecule has 0 saturated heterocycles. The molecule has 0 spiro atoms. The quantitative estimate of drug-likeness (QED) is 0.830.